The predicted octanol–water partition coefficient (Wildman–Crippen LogP) is 5.20. The molecule has 0 amide bonds. The predicted molar refractivity (Wildman–Crippen MR) is 111 cm³/mol. The third-order valence-electron chi connectivity index (χ3n) is 4.61. The summed E-state index contributed by atoms with van der Waals surface area (Å²) in [5, 5.41) is 10.1. The van der Waals surface area contributed by atoms with Gasteiger partial charge in [0.25, 0.3) is 0 Å². The first-order chi connectivity index (χ1) is 13.2. The Morgan fingerprint density at radius 1 is 1.19 bits per heavy atom. The molecule has 0 radical (unpaired) electrons. The lowest BCUT2D eigenvalue weighted by Gasteiger charge is -2.12. The van der Waals surface area contributed by atoms with Crippen LogP contribution < -0.4 is 10.1 Å². The van der Waals surface area contributed by atoms with Gasteiger partial charge in [0.2, 0.25) is 0 Å². The molecule has 0 bridgehead atoms. The maximum absolute atomic E-state index is 5.60. The molecule has 0 aliphatic rings. The second kappa shape index (κ2) is 7.40. The van der Waals surface area contributed by atoms with Crippen LogP contribution in [-0.4, -0.2) is 21.7 Å². The van der Waals surface area contributed by atoms with E-state index in [1.54, 1.807) is 18.4 Å². The van der Waals surface area contributed by atoms with Crippen molar-refractivity contribution in [2.75, 3.05) is 12.4 Å². The van der Waals surface area contributed by atoms with E-state index in [-0.39, 0.29) is 0 Å². The number of thiophene rings is 1. The molecule has 0 spiro atoms. The molecule has 4 rings (SSSR count). The quantitative estimate of drug-likeness (QED) is 0.501. The van der Waals surface area contributed by atoms with Gasteiger partial charge in [-0.2, -0.15) is 9.61 Å². The number of rotatable bonds is 6. The first-order valence-corrected chi connectivity index (χ1v) is 9.82. The molecule has 1 N–H and O–H groups in total. The van der Waals surface area contributed by atoms with Gasteiger partial charge in [0, 0.05) is 16.6 Å². The average molecular weight is 379 g/mol. The van der Waals surface area contributed by atoms with Crippen molar-refractivity contribution >= 4 is 22.8 Å². The Balaban J connectivity index is 1.76. The first kappa shape index (κ1) is 17.5. The highest BCUT2D eigenvalue weighted by Gasteiger charge is 2.16. The molecule has 5 nitrogen and oxygen atoms in total. The Morgan fingerprint density at radius 2 is 2.07 bits per heavy atom. The van der Waals surface area contributed by atoms with Crippen LogP contribution in [0.1, 0.15) is 30.2 Å². The van der Waals surface area contributed by atoms with E-state index in [1.165, 1.54) is 10.4 Å². The van der Waals surface area contributed by atoms with Crippen molar-refractivity contribution in [1.82, 2.24) is 14.6 Å². The normalized spacial score (nSPS) is 11.3. The summed E-state index contributed by atoms with van der Waals surface area (Å²) in [4.78, 5) is 5.86. The molecule has 3 aromatic heterocycles. The van der Waals surface area contributed by atoms with Crippen LogP contribution in [0.15, 0.2) is 54.2 Å². The number of benzene rings is 1. The zero-order valence-electron chi connectivity index (χ0n) is 15.6. The molecule has 0 aliphatic heterocycles. The Morgan fingerprint density at radius 3 is 2.81 bits per heavy atom. The Bertz CT molecular complexity index is 1050. The van der Waals surface area contributed by atoms with E-state index >= 15 is 0 Å². The number of nitrogens with one attached hydrogen (secondary N) is 1. The standard InChI is InChI=1S/C21H22N4OS/c1-14(2)15-6-7-19(26-3)17(11-15)18-13-24-25-20(8-9-22-21(18)25)23-12-16-5-4-10-27-16/h4-11,13-14,23H,12H2,1-3H3. The lowest BCUT2D eigenvalue weighted by molar-refractivity contribution is 0.416. The summed E-state index contributed by atoms with van der Waals surface area (Å²) in [6.45, 7) is 5.14. The molecular weight excluding hydrogens is 356 g/mol. The van der Waals surface area contributed by atoms with Gasteiger partial charge in [-0.05, 0) is 41.1 Å². The summed E-state index contributed by atoms with van der Waals surface area (Å²) in [6, 6.07) is 12.4. The van der Waals surface area contributed by atoms with Crippen molar-refractivity contribution in [2.24, 2.45) is 0 Å². The molecule has 1 aromatic carbocycles. The van der Waals surface area contributed by atoms with Crippen LogP contribution >= 0.6 is 11.3 Å². The summed E-state index contributed by atoms with van der Waals surface area (Å²) >= 11 is 1.73. The molecule has 0 unspecified atom stereocenters. The Hall–Kier alpha value is -2.86. The van der Waals surface area contributed by atoms with Crippen LogP contribution in [-0.2, 0) is 6.54 Å². The van der Waals surface area contributed by atoms with Gasteiger partial charge in [-0.1, -0.05) is 26.0 Å². The smallest absolute Gasteiger partial charge is 0.165 e. The lowest BCUT2D eigenvalue weighted by Crippen LogP contribution is -2.04. The second-order valence-corrected chi connectivity index (χ2v) is 7.70. The number of hydrogen-bond donors (Lipinski definition) is 1. The molecule has 27 heavy (non-hydrogen) atoms. The van der Waals surface area contributed by atoms with Crippen molar-refractivity contribution in [3.63, 3.8) is 0 Å². The first-order valence-electron chi connectivity index (χ1n) is 8.94. The average Bonchev–Trinajstić information content (AvgIpc) is 3.35. The highest BCUT2D eigenvalue weighted by molar-refractivity contribution is 7.09. The minimum atomic E-state index is 0.437. The van der Waals surface area contributed by atoms with Gasteiger partial charge >= 0.3 is 0 Å². The Labute approximate surface area is 162 Å². The van der Waals surface area contributed by atoms with Gasteiger partial charge in [-0.25, -0.2) is 4.98 Å². The van der Waals surface area contributed by atoms with Crippen molar-refractivity contribution < 1.29 is 4.74 Å². The third-order valence-corrected chi connectivity index (χ3v) is 5.48. The van der Waals surface area contributed by atoms with Crippen LogP contribution in [0.2, 0.25) is 0 Å². The SMILES string of the molecule is COc1ccc(C(C)C)cc1-c1cnn2c(NCc3cccs3)ccnc12. The fourth-order valence-corrected chi connectivity index (χ4v) is 3.75. The fourth-order valence-electron chi connectivity index (χ4n) is 3.10. The number of hydrogen-bond acceptors (Lipinski definition) is 5. The zero-order chi connectivity index (χ0) is 18.8. The third kappa shape index (κ3) is 3.40. The van der Waals surface area contributed by atoms with Gasteiger partial charge in [0.05, 0.1) is 25.4 Å². The molecule has 0 aliphatic carbocycles. The van der Waals surface area contributed by atoms with E-state index in [0.29, 0.717) is 5.92 Å². The molecular formula is C21H22N4OS. The molecule has 0 fully saturated rings. The second-order valence-electron chi connectivity index (χ2n) is 6.67. The number of ether oxygens (including phenoxy) is 1. The number of aromatic nitrogens is 3. The van der Waals surface area contributed by atoms with E-state index in [0.717, 1.165) is 34.9 Å². The van der Waals surface area contributed by atoms with Crippen LogP contribution in [0.5, 0.6) is 5.75 Å². The number of anilines is 1. The highest BCUT2D eigenvalue weighted by atomic mass is 32.1. The van der Waals surface area contributed by atoms with Gasteiger partial charge in [-0.3, -0.25) is 0 Å². The van der Waals surface area contributed by atoms with Crippen LogP contribution in [0.4, 0.5) is 5.82 Å². The monoisotopic (exact) mass is 378 g/mol. The summed E-state index contributed by atoms with van der Waals surface area (Å²) < 4.78 is 7.45. The number of fused-ring (bicyclic) bond motifs is 1. The molecule has 138 valence electrons. The van der Waals surface area contributed by atoms with Crippen molar-refractivity contribution in [2.45, 2.75) is 26.3 Å². The largest absolute Gasteiger partial charge is 0.496 e. The molecule has 3 heterocycles. The Kier molecular flexibility index (Phi) is 4.81. The minimum absolute atomic E-state index is 0.437. The van der Waals surface area contributed by atoms with Gasteiger partial charge < -0.3 is 10.1 Å². The number of methoxy groups -OCH3 is 1. The van der Waals surface area contributed by atoms with Crippen LogP contribution in [0.3, 0.4) is 0 Å². The summed E-state index contributed by atoms with van der Waals surface area (Å²) in [7, 11) is 1.70. The van der Waals surface area contributed by atoms with E-state index in [1.807, 2.05) is 29.0 Å². The summed E-state index contributed by atoms with van der Waals surface area (Å²) in [6.07, 6.45) is 3.68. The van der Waals surface area contributed by atoms with E-state index < -0.39 is 0 Å². The topological polar surface area (TPSA) is 51.5 Å². The molecule has 6 heteroatoms. The maximum atomic E-state index is 5.60. The number of nitrogens with zero attached hydrogens (tertiary/aromatic N) is 3. The lowest BCUT2D eigenvalue weighted by atomic mass is 9.97. The van der Waals surface area contributed by atoms with Crippen molar-refractivity contribution in [3.8, 4) is 16.9 Å². The molecule has 0 saturated heterocycles. The maximum Gasteiger partial charge on any atom is 0.165 e. The molecule has 0 saturated carbocycles. The highest BCUT2D eigenvalue weighted by Crippen LogP contribution is 2.35. The van der Waals surface area contributed by atoms with Gasteiger partial charge in [-0.15, -0.1) is 11.3 Å². The van der Waals surface area contributed by atoms with Crippen LogP contribution in [0, 0.1) is 0 Å². The molecule has 0 atom stereocenters. The summed E-state index contributed by atoms with van der Waals surface area (Å²) in [5.74, 6) is 2.18. The fraction of sp³-hybridized carbons (Fsp3) is 0.238. The molecule has 4 aromatic rings. The van der Waals surface area contributed by atoms with Gasteiger partial charge in [0.15, 0.2) is 5.65 Å². The van der Waals surface area contributed by atoms with E-state index in [2.05, 4.69) is 58.9 Å². The van der Waals surface area contributed by atoms with E-state index in [9.17, 15) is 0 Å². The van der Waals surface area contributed by atoms with Gasteiger partial charge in [0.1, 0.15) is 11.6 Å². The van der Waals surface area contributed by atoms with E-state index in [4.69, 9.17) is 4.74 Å². The van der Waals surface area contributed by atoms with Crippen LogP contribution in [0.25, 0.3) is 16.8 Å². The zero-order valence-corrected chi connectivity index (χ0v) is 16.5. The summed E-state index contributed by atoms with van der Waals surface area (Å²) in [5.41, 5.74) is 4.05. The minimum Gasteiger partial charge on any atom is -0.496 e. The van der Waals surface area contributed by atoms with Crippen molar-refractivity contribution in [1.29, 1.82) is 0 Å². The van der Waals surface area contributed by atoms with Crippen molar-refractivity contribution in [3.05, 3.63) is 64.6 Å².